The molecule has 3 aliphatic carbocycles. The van der Waals surface area contributed by atoms with Gasteiger partial charge in [0.15, 0.2) is 0 Å². The van der Waals surface area contributed by atoms with Gasteiger partial charge >= 0.3 is 0 Å². The van der Waals surface area contributed by atoms with Crippen molar-refractivity contribution in [2.24, 2.45) is 29.1 Å². The molecule has 4 rings (SSSR count). The molecule has 0 amide bonds. The Morgan fingerprint density at radius 1 is 1.10 bits per heavy atom. The van der Waals surface area contributed by atoms with Gasteiger partial charge in [0.25, 0.3) is 0 Å². The maximum absolute atomic E-state index is 11.3. The molecule has 0 aliphatic heterocycles. The second kappa shape index (κ2) is 9.44. The minimum Gasteiger partial charge on any atom is -0.497 e. The van der Waals surface area contributed by atoms with Gasteiger partial charge in [0.1, 0.15) is 5.75 Å². The molecule has 0 aromatic heterocycles. The summed E-state index contributed by atoms with van der Waals surface area (Å²) in [5.74, 6) is 2.89. The third-order valence-corrected chi connectivity index (χ3v) is 8.28. The maximum Gasteiger partial charge on any atom is 0.118 e. The molecule has 6 atom stereocenters. The van der Waals surface area contributed by atoms with E-state index in [0.29, 0.717) is 30.3 Å². The summed E-state index contributed by atoms with van der Waals surface area (Å²) >= 11 is 0. The minimum atomic E-state index is -0.197. The Kier molecular flexibility index (Phi) is 6.89. The van der Waals surface area contributed by atoms with Gasteiger partial charge in [-0.25, -0.2) is 0 Å². The Morgan fingerprint density at radius 3 is 2.67 bits per heavy atom. The second-order valence-corrected chi connectivity index (χ2v) is 10.5. The summed E-state index contributed by atoms with van der Waals surface area (Å²) in [5, 5.41) is 11.3. The Balaban J connectivity index is 1.38. The number of rotatable bonds is 6. The first-order valence-corrected chi connectivity index (χ1v) is 12.1. The molecule has 1 aromatic carbocycles. The zero-order valence-corrected chi connectivity index (χ0v) is 19.1. The fourth-order valence-electron chi connectivity index (χ4n) is 6.94. The number of aliphatic hydroxyl groups excluding tert-OH is 1. The van der Waals surface area contributed by atoms with E-state index in [1.165, 1.54) is 50.5 Å². The van der Waals surface area contributed by atoms with E-state index in [1.807, 2.05) is 12.1 Å². The fourth-order valence-corrected chi connectivity index (χ4v) is 6.94. The maximum atomic E-state index is 11.3. The smallest absolute Gasteiger partial charge is 0.118 e. The van der Waals surface area contributed by atoms with Crippen LogP contribution in [0.3, 0.4) is 0 Å². The molecule has 0 unspecified atom stereocenters. The van der Waals surface area contributed by atoms with Crippen LogP contribution in [0.1, 0.15) is 70.8 Å². The van der Waals surface area contributed by atoms with Crippen LogP contribution in [-0.4, -0.2) is 24.9 Å². The molecule has 1 aromatic rings. The van der Waals surface area contributed by atoms with E-state index in [9.17, 15) is 5.11 Å². The largest absolute Gasteiger partial charge is 0.497 e. The summed E-state index contributed by atoms with van der Waals surface area (Å²) in [6.45, 7) is 6.20. The zero-order chi connectivity index (χ0) is 21.1. The number of aliphatic hydroxyl groups is 1. The molecule has 3 nitrogen and oxygen atoms in total. The minimum absolute atomic E-state index is 0.197. The number of hydrogen-bond donors (Lipinski definition) is 1. The van der Waals surface area contributed by atoms with Crippen molar-refractivity contribution in [2.45, 2.75) is 77.9 Å². The van der Waals surface area contributed by atoms with Crippen LogP contribution in [0, 0.1) is 29.1 Å². The number of hydrogen-bond acceptors (Lipinski definition) is 3. The number of ether oxygens (including phenoxy) is 2. The van der Waals surface area contributed by atoms with Gasteiger partial charge < -0.3 is 14.6 Å². The SMILES string of the molecule is COc1ccc(COC[C@H]2[C@@H]3[C@H](O)C[C@H](C4=CCCCCC4)C[C@]3(C)C[C@@H]2C)cc1. The highest BCUT2D eigenvalue weighted by Gasteiger charge is 2.55. The van der Waals surface area contributed by atoms with Gasteiger partial charge in [-0.3, -0.25) is 0 Å². The lowest BCUT2D eigenvalue weighted by Gasteiger charge is -2.46. The normalized spacial score (nSPS) is 36.7. The Hall–Kier alpha value is -1.32. The van der Waals surface area contributed by atoms with Crippen LogP contribution in [0.15, 0.2) is 35.9 Å². The van der Waals surface area contributed by atoms with Crippen molar-refractivity contribution in [3.05, 3.63) is 41.5 Å². The first-order chi connectivity index (χ1) is 14.5. The highest BCUT2D eigenvalue weighted by atomic mass is 16.5. The van der Waals surface area contributed by atoms with Gasteiger partial charge in [0, 0.05) is 0 Å². The molecule has 0 bridgehead atoms. The molecule has 0 saturated heterocycles. The van der Waals surface area contributed by atoms with Gasteiger partial charge in [0.05, 0.1) is 26.4 Å². The molecular weight excluding hydrogens is 372 g/mol. The molecule has 1 N–H and O–H groups in total. The van der Waals surface area contributed by atoms with Crippen molar-refractivity contribution in [1.82, 2.24) is 0 Å². The van der Waals surface area contributed by atoms with Gasteiger partial charge in [-0.15, -0.1) is 0 Å². The zero-order valence-electron chi connectivity index (χ0n) is 19.1. The standard InChI is InChI=1S/C27H40O3/c1-19-15-27(2)16-22(21-8-6-4-5-7-9-21)14-25(28)26(27)24(19)18-30-17-20-10-12-23(29-3)13-11-20/h8,10-13,19,22,24-26,28H,4-7,9,14-18H2,1-3H3/t19-,22-,24+,25+,26+,27-/m0/s1. The average Bonchev–Trinajstić information content (AvgIpc) is 2.90. The van der Waals surface area contributed by atoms with Crippen LogP contribution < -0.4 is 4.74 Å². The van der Waals surface area contributed by atoms with Crippen LogP contribution in [0.25, 0.3) is 0 Å². The number of fused-ring (bicyclic) bond motifs is 1. The Bertz CT molecular complexity index is 724. The van der Waals surface area contributed by atoms with Crippen LogP contribution in [0.5, 0.6) is 5.75 Å². The molecule has 0 radical (unpaired) electrons. The Morgan fingerprint density at radius 2 is 1.90 bits per heavy atom. The quantitative estimate of drug-likeness (QED) is 0.569. The first kappa shape index (κ1) is 21.9. The van der Waals surface area contributed by atoms with Crippen molar-refractivity contribution >= 4 is 0 Å². The van der Waals surface area contributed by atoms with E-state index in [0.717, 1.165) is 18.8 Å². The van der Waals surface area contributed by atoms with E-state index < -0.39 is 0 Å². The van der Waals surface area contributed by atoms with E-state index in [1.54, 1.807) is 12.7 Å². The van der Waals surface area contributed by atoms with Crippen molar-refractivity contribution in [3.63, 3.8) is 0 Å². The van der Waals surface area contributed by atoms with E-state index in [2.05, 4.69) is 32.1 Å². The molecule has 3 heteroatoms. The van der Waals surface area contributed by atoms with Crippen molar-refractivity contribution < 1.29 is 14.6 Å². The van der Waals surface area contributed by atoms with Crippen molar-refractivity contribution in [3.8, 4) is 5.75 Å². The summed E-state index contributed by atoms with van der Waals surface area (Å²) in [6.07, 6.45) is 12.3. The van der Waals surface area contributed by atoms with Crippen LogP contribution >= 0.6 is 0 Å². The summed E-state index contributed by atoms with van der Waals surface area (Å²) in [5.41, 5.74) is 3.06. The van der Waals surface area contributed by atoms with Gasteiger partial charge in [0.2, 0.25) is 0 Å². The lowest BCUT2D eigenvalue weighted by molar-refractivity contribution is -0.0553. The van der Waals surface area contributed by atoms with Crippen molar-refractivity contribution in [2.75, 3.05) is 13.7 Å². The predicted octanol–water partition coefficient (Wildman–Crippen LogP) is 6.15. The van der Waals surface area contributed by atoms with Gasteiger partial charge in [-0.05, 0) is 91.7 Å². The van der Waals surface area contributed by atoms with E-state index in [-0.39, 0.29) is 11.5 Å². The second-order valence-electron chi connectivity index (χ2n) is 10.5. The molecule has 2 fully saturated rings. The summed E-state index contributed by atoms with van der Waals surface area (Å²) < 4.78 is 11.4. The lowest BCUT2D eigenvalue weighted by Crippen LogP contribution is -2.44. The molecular formula is C27H40O3. The van der Waals surface area contributed by atoms with Crippen LogP contribution in [0.2, 0.25) is 0 Å². The van der Waals surface area contributed by atoms with Crippen LogP contribution in [-0.2, 0) is 11.3 Å². The molecule has 2 saturated carbocycles. The predicted molar refractivity (Wildman–Crippen MR) is 121 cm³/mol. The molecule has 0 spiro atoms. The van der Waals surface area contributed by atoms with E-state index >= 15 is 0 Å². The Labute approximate surface area is 182 Å². The molecule has 166 valence electrons. The topological polar surface area (TPSA) is 38.7 Å². The summed E-state index contributed by atoms with van der Waals surface area (Å²) in [7, 11) is 1.69. The highest BCUT2D eigenvalue weighted by Crippen LogP contribution is 2.59. The van der Waals surface area contributed by atoms with Crippen LogP contribution in [0.4, 0.5) is 0 Å². The monoisotopic (exact) mass is 412 g/mol. The number of allylic oxidation sites excluding steroid dienone is 2. The molecule has 3 aliphatic rings. The average molecular weight is 413 g/mol. The molecule has 0 heterocycles. The third-order valence-electron chi connectivity index (χ3n) is 8.28. The van der Waals surface area contributed by atoms with E-state index in [4.69, 9.17) is 9.47 Å². The number of benzene rings is 1. The van der Waals surface area contributed by atoms with Gasteiger partial charge in [-0.1, -0.05) is 44.1 Å². The highest BCUT2D eigenvalue weighted by molar-refractivity contribution is 5.26. The van der Waals surface area contributed by atoms with Gasteiger partial charge in [-0.2, -0.15) is 0 Å². The molecule has 30 heavy (non-hydrogen) atoms. The first-order valence-electron chi connectivity index (χ1n) is 12.1. The third kappa shape index (κ3) is 4.62. The van der Waals surface area contributed by atoms with Crippen molar-refractivity contribution in [1.29, 1.82) is 0 Å². The number of methoxy groups -OCH3 is 1. The summed E-state index contributed by atoms with van der Waals surface area (Å²) in [6, 6.07) is 8.12. The summed E-state index contributed by atoms with van der Waals surface area (Å²) in [4.78, 5) is 0. The lowest BCUT2D eigenvalue weighted by atomic mass is 9.61. The fraction of sp³-hybridized carbons (Fsp3) is 0.704.